The molecule has 0 saturated heterocycles. The van der Waals surface area contributed by atoms with Gasteiger partial charge in [0.25, 0.3) is 0 Å². The Morgan fingerprint density at radius 3 is 2.30 bits per heavy atom. The summed E-state index contributed by atoms with van der Waals surface area (Å²) in [5.74, 6) is 0.295. The summed E-state index contributed by atoms with van der Waals surface area (Å²) in [5, 5.41) is 9.20. The first-order valence-electron chi connectivity index (χ1n) is 5.77. The van der Waals surface area contributed by atoms with Crippen molar-refractivity contribution in [3.05, 3.63) is 47.7 Å². The maximum atomic E-state index is 12.5. The van der Waals surface area contributed by atoms with Gasteiger partial charge in [0.05, 0.1) is 19.3 Å². The predicted molar refractivity (Wildman–Crippen MR) is 67.1 cm³/mol. The molecule has 0 saturated carbocycles. The second-order valence-corrected chi connectivity index (χ2v) is 4.13. The Bertz CT molecular complexity index is 594. The third kappa shape index (κ3) is 2.91. The molecule has 3 nitrogen and oxygen atoms in total. The third-order valence-electron chi connectivity index (χ3n) is 2.83. The van der Waals surface area contributed by atoms with Crippen LogP contribution in [-0.4, -0.2) is 17.2 Å². The van der Waals surface area contributed by atoms with Crippen LogP contribution >= 0.6 is 0 Å². The van der Waals surface area contributed by atoms with Gasteiger partial charge in [-0.05, 0) is 23.8 Å². The van der Waals surface area contributed by atoms with Crippen LogP contribution in [0.1, 0.15) is 11.1 Å². The minimum Gasteiger partial charge on any atom is -0.481 e. The molecule has 1 aromatic heterocycles. The molecule has 2 rings (SSSR count). The molecule has 0 amide bonds. The van der Waals surface area contributed by atoms with Gasteiger partial charge in [-0.3, -0.25) is 0 Å². The van der Waals surface area contributed by atoms with Gasteiger partial charge in [0, 0.05) is 17.3 Å². The zero-order chi connectivity index (χ0) is 14.8. The molecular weight excluding hydrogens is 271 g/mol. The van der Waals surface area contributed by atoms with Crippen molar-refractivity contribution in [2.75, 3.05) is 7.11 Å². The fraction of sp³-hybridized carbons (Fsp3) is 0.214. The maximum absolute atomic E-state index is 12.5. The van der Waals surface area contributed by atoms with Crippen LogP contribution in [-0.2, 0) is 12.8 Å². The van der Waals surface area contributed by atoms with E-state index in [1.54, 1.807) is 6.07 Å². The van der Waals surface area contributed by atoms with Gasteiger partial charge in [0.1, 0.15) is 0 Å². The number of hydrogen-bond acceptors (Lipinski definition) is 3. The summed E-state index contributed by atoms with van der Waals surface area (Å²) >= 11 is 0. The van der Waals surface area contributed by atoms with E-state index in [1.165, 1.54) is 25.4 Å². The average molecular weight is 283 g/mol. The van der Waals surface area contributed by atoms with Crippen LogP contribution in [0.25, 0.3) is 11.1 Å². The lowest BCUT2D eigenvalue weighted by molar-refractivity contribution is -0.137. The van der Waals surface area contributed by atoms with Crippen LogP contribution in [0.15, 0.2) is 36.5 Å². The van der Waals surface area contributed by atoms with Gasteiger partial charge in [-0.1, -0.05) is 12.1 Å². The minimum absolute atomic E-state index is 0.259. The highest BCUT2D eigenvalue weighted by atomic mass is 19.4. The smallest absolute Gasteiger partial charge is 0.416 e. The Morgan fingerprint density at radius 1 is 1.15 bits per heavy atom. The van der Waals surface area contributed by atoms with Crippen LogP contribution in [0.4, 0.5) is 13.2 Å². The van der Waals surface area contributed by atoms with E-state index in [2.05, 4.69) is 4.98 Å². The summed E-state index contributed by atoms with van der Waals surface area (Å²) in [6, 6.07) is 6.39. The number of benzene rings is 1. The normalized spacial score (nSPS) is 11.4. The summed E-state index contributed by atoms with van der Waals surface area (Å²) in [4.78, 5) is 4.01. The number of methoxy groups -OCH3 is 1. The largest absolute Gasteiger partial charge is 0.481 e. The first-order chi connectivity index (χ1) is 9.45. The molecule has 1 N–H and O–H groups in total. The molecule has 0 spiro atoms. The van der Waals surface area contributed by atoms with Crippen molar-refractivity contribution in [1.82, 2.24) is 4.98 Å². The predicted octanol–water partition coefficient (Wildman–Crippen LogP) is 3.27. The van der Waals surface area contributed by atoms with Crippen molar-refractivity contribution in [2.45, 2.75) is 12.8 Å². The van der Waals surface area contributed by atoms with Crippen molar-refractivity contribution >= 4 is 0 Å². The Balaban J connectivity index is 2.37. The number of rotatable bonds is 3. The lowest BCUT2D eigenvalue weighted by atomic mass is 10.0. The molecule has 0 unspecified atom stereocenters. The number of nitrogens with zero attached hydrogens (tertiary/aromatic N) is 1. The third-order valence-corrected chi connectivity index (χ3v) is 2.83. The Morgan fingerprint density at radius 2 is 1.80 bits per heavy atom. The van der Waals surface area contributed by atoms with E-state index in [0.717, 1.165) is 12.1 Å². The Labute approximate surface area is 113 Å². The monoisotopic (exact) mass is 283 g/mol. The van der Waals surface area contributed by atoms with E-state index in [-0.39, 0.29) is 6.61 Å². The summed E-state index contributed by atoms with van der Waals surface area (Å²) in [5.41, 5.74) is 0.974. The number of halogens is 3. The number of alkyl halides is 3. The van der Waals surface area contributed by atoms with Crippen molar-refractivity contribution < 1.29 is 23.0 Å². The molecule has 106 valence electrons. The van der Waals surface area contributed by atoms with Crippen molar-refractivity contribution in [3.63, 3.8) is 0 Å². The van der Waals surface area contributed by atoms with Crippen LogP contribution in [0.3, 0.4) is 0 Å². The highest BCUT2D eigenvalue weighted by Crippen LogP contribution is 2.31. The molecule has 0 bridgehead atoms. The first-order valence-corrected chi connectivity index (χ1v) is 5.77. The van der Waals surface area contributed by atoms with Crippen LogP contribution in [0.5, 0.6) is 5.88 Å². The van der Waals surface area contributed by atoms with E-state index in [0.29, 0.717) is 22.6 Å². The van der Waals surface area contributed by atoms with Crippen molar-refractivity contribution in [3.8, 4) is 17.0 Å². The molecule has 0 aliphatic rings. The Hall–Kier alpha value is -2.08. The van der Waals surface area contributed by atoms with Gasteiger partial charge < -0.3 is 9.84 Å². The van der Waals surface area contributed by atoms with Gasteiger partial charge in [-0.15, -0.1) is 0 Å². The highest BCUT2D eigenvalue weighted by Gasteiger charge is 2.29. The average Bonchev–Trinajstić information content (AvgIpc) is 2.45. The lowest BCUT2D eigenvalue weighted by Crippen LogP contribution is -2.04. The first kappa shape index (κ1) is 14.3. The SMILES string of the molecule is COc1ncc(-c2ccc(C(F)(F)F)cc2)cc1CO. The molecule has 1 heterocycles. The fourth-order valence-corrected chi connectivity index (χ4v) is 1.80. The van der Waals surface area contributed by atoms with E-state index in [4.69, 9.17) is 4.74 Å². The quantitative estimate of drug-likeness (QED) is 0.940. The van der Waals surface area contributed by atoms with Crippen molar-refractivity contribution in [2.24, 2.45) is 0 Å². The van der Waals surface area contributed by atoms with E-state index < -0.39 is 11.7 Å². The zero-order valence-electron chi connectivity index (χ0n) is 10.6. The summed E-state index contributed by atoms with van der Waals surface area (Å²) in [6.07, 6.45) is -2.87. The molecule has 0 radical (unpaired) electrons. The second-order valence-electron chi connectivity index (χ2n) is 4.13. The molecule has 1 aromatic carbocycles. The lowest BCUT2D eigenvalue weighted by Gasteiger charge is -2.10. The van der Waals surface area contributed by atoms with E-state index in [9.17, 15) is 18.3 Å². The molecule has 0 fully saturated rings. The van der Waals surface area contributed by atoms with Crippen LogP contribution in [0.2, 0.25) is 0 Å². The second kappa shape index (κ2) is 5.50. The molecule has 6 heteroatoms. The van der Waals surface area contributed by atoms with Crippen LogP contribution in [0, 0.1) is 0 Å². The minimum atomic E-state index is -4.35. The standard InChI is InChI=1S/C14H12F3NO2/c1-20-13-11(8-19)6-10(7-18-13)9-2-4-12(5-3-9)14(15,16)17/h2-7,19H,8H2,1H3. The van der Waals surface area contributed by atoms with Gasteiger partial charge in [0.15, 0.2) is 0 Å². The number of aliphatic hydroxyl groups excluding tert-OH is 1. The molecule has 0 atom stereocenters. The fourth-order valence-electron chi connectivity index (χ4n) is 1.80. The number of hydrogen-bond donors (Lipinski definition) is 1. The highest BCUT2D eigenvalue weighted by molar-refractivity contribution is 5.64. The molecule has 0 aliphatic carbocycles. The molecular formula is C14H12F3NO2. The maximum Gasteiger partial charge on any atom is 0.416 e. The van der Waals surface area contributed by atoms with Gasteiger partial charge in [-0.25, -0.2) is 4.98 Å². The molecule has 20 heavy (non-hydrogen) atoms. The summed E-state index contributed by atoms with van der Waals surface area (Å²) < 4.78 is 42.4. The van der Waals surface area contributed by atoms with Crippen LogP contribution < -0.4 is 4.74 Å². The van der Waals surface area contributed by atoms with Gasteiger partial charge in [-0.2, -0.15) is 13.2 Å². The van der Waals surface area contributed by atoms with E-state index >= 15 is 0 Å². The zero-order valence-corrected chi connectivity index (χ0v) is 10.6. The topological polar surface area (TPSA) is 42.4 Å². The number of pyridine rings is 1. The van der Waals surface area contributed by atoms with Gasteiger partial charge >= 0.3 is 6.18 Å². The van der Waals surface area contributed by atoms with E-state index in [1.807, 2.05) is 0 Å². The van der Waals surface area contributed by atoms with Gasteiger partial charge in [0.2, 0.25) is 5.88 Å². The number of aromatic nitrogens is 1. The Kier molecular flexibility index (Phi) is 3.94. The number of ether oxygens (including phenoxy) is 1. The number of aliphatic hydroxyl groups is 1. The summed E-state index contributed by atoms with van der Waals surface area (Å²) in [6.45, 7) is -0.259. The molecule has 2 aromatic rings. The molecule has 0 aliphatic heterocycles. The van der Waals surface area contributed by atoms with Crippen molar-refractivity contribution in [1.29, 1.82) is 0 Å². The summed E-state index contributed by atoms with van der Waals surface area (Å²) in [7, 11) is 1.43.